The summed E-state index contributed by atoms with van der Waals surface area (Å²) in [6.07, 6.45) is 2.02. The summed E-state index contributed by atoms with van der Waals surface area (Å²) < 4.78 is 0. The highest BCUT2D eigenvalue weighted by atomic mass is 32.2. The van der Waals surface area contributed by atoms with Gasteiger partial charge in [-0.15, -0.1) is 5.10 Å². The molecule has 2 aromatic rings. The molecule has 18 heavy (non-hydrogen) atoms. The smallest absolute Gasteiger partial charge is 0.262 e. The van der Waals surface area contributed by atoms with Crippen LogP contribution in [-0.4, -0.2) is 25.1 Å². The monoisotopic (exact) mass is 265 g/mol. The number of nitrogens with zero attached hydrogens (tertiary/aromatic N) is 4. The van der Waals surface area contributed by atoms with Crippen LogP contribution in [0.4, 0.5) is 5.69 Å². The van der Waals surface area contributed by atoms with Gasteiger partial charge in [0.05, 0.1) is 4.92 Å². The van der Waals surface area contributed by atoms with Crippen LogP contribution in [0.3, 0.4) is 0 Å². The Morgan fingerprint density at radius 3 is 2.89 bits per heavy atom. The molecule has 0 radical (unpaired) electrons. The standard InChI is InChI=1S/C10H11N5O2S/c1-3-8-12-10(14-13-8)18-9-6(2)4-7(5-11-9)15(16)17/h4-5H,3H2,1-2H3,(H,12,13,14). The summed E-state index contributed by atoms with van der Waals surface area (Å²) in [5.74, 6) is 0.803. The minimum atomic E-state index is -0.462. The van der Waals surface area contributed by atoms with Gasteiger partial charge in [-0.25, -0.2) is 9.97 Å². The van der Waals surface area contributed by atoms with E-state index in [4.69, 9.17) is 0 Å². The predicted molar refractivity (Wildman–Crippen MR) is 65.5 cm³/mol. The van der Waals surface area contributed by atoms with Gasteiger partial charge in [-0.2, -0.15) is 0 Å². The number of hydrogen-bond donors (Lipinski definition) is 1. The van der Waals surface area contributed by atoms with E-state index >= 15 is 0 Å². The second kappa shape index (κ2) is 5.13. The van der Waals surface area contributed by atoms with E-state index in [9.17, 15) is 10.1 Å². The average Bonchev–Trinajstić information content (AvgIpc) is 2.79. The van der Waals surface area contributed by atoms with Crippen LogP contribution in [-0.2, 0) is 6.42 Å². The van der Waals surface area contributed by atoms with Gasteiger partial charge in [-0.1, -0.05) is 6.92 Å². The maximum atomic E-state index is 10.6. The number of aryl methyl sites for hydroxylation is 2. The number of aromatic nitrogens is 4. The Kier molecular flexibility index (Phi) is 3.56. The van der Waals surface area contributed by atoms with Crippen LogP contribution >= 0.6 is 11.8 Å². The molecule has 0 saturated heterocycles. The number of hydrogen-bond acceptors (Lipinski definition) is 6. The van der Waals surface area contributed by atoms with Crippen molar-refractivity contribution in [3.05, 3.63) is 33.8 Å². The highest BCUT2D eigenvalue weighted by Gasteiger charge is 2.12. The van der Waals surface area contributed by atoms with Crippen molar-refractivity contribution in [2.24, 2.45) is 0 Å². The van der Waals surface area contributed by atoms with Gasteiger partial charge in [0.1, 0.15) is 17.0 Å². The fourth-order valence-corrected chi connectivity index (χ4v) is 2.07. The average molecular weight is 265 g/mol. The van der Waals surface area contributed by atoms with Crippen molar-refractivity contribution in [2.75, 3.05) is 0 Å². The van der Waals surface area contributed by atoms with Gasteiger partial charge in [-0.3, -0.25) is 15.2 Å². The van der Waals surface area contributed by atoms with Crippen LogP contribution in [0.1, 0.15) is 18.3 Å². The molecule has 0 saturated carbocycles. The van der Waals surface area contributed by atoms with Crippen molar-refractivity contribution >= 4 is 17.4 Å². The molecule has 0 atom stereocenters. The second-order valence-electron chi connectivity index (χ2n) is 3.59. The molecule has 0 aromatic carbocycles. The lowest BCUT2D eigenvalue weighted by atomic mass is 10.3. The fraction of sp³-hybridized carbons (Fsp3) is 0.300. The van der Waals surface area contributed by atoms with Crippen LogP contribution in [0.5, 0.6) is 0 Å². The van der Waals surface area contributed by atoms with Gasteiger partial charge >= 0.3 is 0 Å². The maximum absolute atomic E-state index is 10.6. The van der Waals surface area contributed by atoms with Gasteiger partial charge in [0.2, 0.25) is 5.16 Å². The van der Waals surface area contributed by atoms with Crippen LogP contribution in [0.25, 0.3) is 0 Å². The zero-order chi connectivity index (χ0) is 13.1. The fourth-order valence-electron chi connectivity index (χ4n) is 1.32. The highest BCUT2D eigenvalue weighted by Crippen LogP contribution is 2.27. The molecular weight excluding hydrogens is 254 g/mol. The van der Waals surface area contributed by atoms with E-state index in [0.717, 1.165) is 17.8 Å². The SMILES string of the molecule is CCc1nc(Sc2ncc([N+](=O)[O-])cc2C)n[nH]1. The third kappa shape index (κ3) is 2.65. The first-order valence-corrected chi connectivity index (χ1v) is 6.12. The van der Waals surface area contributed by atoms with Crippen molar-refractivity contribution in [1.82, 2.24) is 20.2 Å². The topological polar surface area (TPSA) is 97.6 Å². The lowest BCUT2D eigenvalue weighted by Crippen LogP contribution is -1.93. The number of nitrogens with one attached hydrogen (secondary N) is 1. The molecule has 2 aromatic heterocycles. The largest absolute Gasteiger partial charge is 0.287 e. The Bertz CT molecular complexity index is 583. The normalized spacial score (nSPS) is 10.6. The number of aromatic amines is 1. The molecule has 2 rings (SSSR count). The molecule has 2 heterocycles. The van der Waals surface area contributed by atoms with Crippen LogP contribution in [0.15, 0.2) is 22.4 Å². The molecule has 0 amide bonds. The molecule has 7 nitrogen and oxygen atoms in total. The van der Waals surface area contributed by atoms with E-state index < -0.39 is 4.92 Å². The van der Waals surface area contributed by atoms with Gasteiger partial charge in [0.25, 0.3) is 5.69 Å². The Morgan fingerprint density at radius 1 is 1.56 bits per heavy atom. The van der Waals surface area contributed by atoms with Crippen molar-refractivity contribution in [3.8, 4) is 0 Å². The highest BCUT2D eigenvalue weighted by molar-refractivity contribution is 7.99. The third-order valence-corrected chi connectivity index (χ3v) is 3.25. The van der Waals surface area contributed by atoms with Gasteiger partial charge in [-0.05, 0) is 24.2 Å². The first-order valence-electron chi connectivity index (χ1n) is 5.30. The summed E-state index contributed by atoms with van der Waals surface area (Å²) >= 11 is 1.28. The quantitative estimate of drug-likeness (QED) is 0.671. The first kappa shape index (κ1) is 12.5. The summed E-state index contributed by atoms with van der Waals surface area (Å²) in [5.41, 5.74) is 0.720. The number of rotatable bonds is 4. The van der Waals surface area contributed by atoms with E-state index in [1.54, 1.807) is 6.92 Å². The summed E-state index contributed by atoms with van der Waals surface area (Å²) in [7, 11) is 0. The molecule has 94 valence electrons. The zero-order valence-corrected chi connectivity index (χ0v) is 10.7. The van der Waals surface area contributed by atoms with Crippen LogP contribution in [0.2, 0.25) is 0 Å². The summed E-state index contributed by atoms with van der Waals surface area (Å²) in [6.45, 7) is 3.75. The summed E-state index contributed by atoms with van der Waals surface area (Å²) in [4.78, 5) is 18.4. The molecule has 8 heteroatoms. The molecule has 0 aliphatic carbocycles. The van der Waals surface area contributed by atoms with E-state index in [0.29, 0.717) is 10.2 Å². The molecule has 0 aliphatic heterocycles. The van der Waals surface area contributed by atoms with Crippen molar-refractivity contribution in [1.29, 1.82) is 0 Å². The molecular formula is C10H11N5O2S. The van der Waals surface area contributed by atoms with Gasteiger partial charge < -0.3 is 0 Å². The van der Waals surface area contributed by atoms with E-state index in [-0.39, 0.29) is 5.69 Å². The number of H-pyrrole nitrogens is 1. The predicted octanol–water partition coefficient (Wildman–Crippen LogP) is 2.13. The summed E-state index contributed by atoms with van der Waals surface area (Å²) in [6, 6.07) is 1.49. The van der Waals surface area contributed by atoms with E-state index in [1.165, 1.54) is 24.0 Å². The molecule has 1 N–H and O–H groups in total. The Balaban J connectivity index is 2.21. The van der Waals surface area contributed by atoms with Crippen LogP contribution < -0.4 is 0 Å². The molecule has 0 bridgehead atoms. The minimum absolute atomic E-state index is 0.0129. The summed E-state index contributed by atoms with van der Waals surface area (Å²) in [5, 5.41) is 18.7. The van der Waals surface area contributed by atoms with Crippen molar-refractivity contribution < 1.29 is 4.92 Å². The molecule has 0 spiro atoms. The van der Waals surface area contributed by atoms with E-state index in [2.05, 4.69) is 20.2 Å². The number of nitro groups is 1. The molecule has 0 unspecified atom stereocenters. The lowest BCUT2D eigenvalue weighted by Gasteiger charge is -2.00. The van der Waals surface area contributed by atoms with E-state index in [1.807, 2.05) is 6.92 Å². The van der Waals surface area contributed by atoms with Crippen molar-refractivity contribution in [2.45, 2.75) is 30.5 Å². The maximum Gasteiger partial charge on any atom is 0.287 e. The Hall–Kier alpha value is -1.96. The minimum Gasteiger partial charge on any atom is -0.262 e. The van der Waals surface area contributed by atoms with Gasteiger partial charge in [0, 0.05) is 12.5 Å². The lowest BCUT2D eigenvalue weighted by molar-refractivity contribution is -0.385. The second-order valence-corrected chi connectivity index (χ2v) is 4.55. The van der Waals surface area contributed by atoms with Crippen LogP contribution in [0, 0.1) is 17.0 Å². The third-order valence-electron chi connectivity index (χ3n) is 2.26. The van der Waals surface area contributed by atoms with Crippen molar-refractivity contribution in [3.63, 3.8) is 0 Å². The van der Waals surface area contributed by atoms with Gasteiger partial charge in [0.15, 0.2) is 0 Å². The Labute approximate surface area is 107 Å². The molecule has 0 fully saturated rings. The first-order chi connectivity index (χ1) is 8.60. The number of pyridine rings is 1. The Morgan fingerprint density at radius 2 is 2.33 bits per heavy atom. The zero-order valence-electron chi connectivity index (χ0n) is 9.88. The molecule has 0 aliphatic rings.